The number of benzene rings is 2. The highest BCUT2D eigenvalue weighted by atomic mass is 16.5. The molecule has 21 heavy (non-hydrogen) atoms. The summed E-state index contributed by atoms with van der Waals surface area (Å²) in [6.45, 7) is 7.03. The Kier molecular flexibility index (Phi) is 5.97. The van der Waals surface area contributed by atoms with Gasteiger partial charge in [-0.25, -0.2) is 0 Å². The van der Waals surface area contributed by atoms with Gasteiger partial charge in [-0.2, -0.15) is 0 Å². The molecule has 2 heteroatoms. The van der Waals surface area contributed by atoms with Crippen molar-refractivity contribution in [1.29, 1.82) is 0 Å². The highest BCUT2D eigenvalue weighted by molar-refractivity contribution is 5.84. The Hall–Kier alpha value is -1.64. The van der Waals surface area contributed by atoms with Crippen LogP contribution in [0, 0.1) is 5.92 Å². The molecule has 2 aromatic rings. The van der Waals surface area contributed by atoms with Gasteiger partial charge < -0.3 is 10.1 Å². The summed E-state index contributed by atoms with van der Waals surface area (Å²) in [5.74, 6) is 0.534. The molecule has 2 nitrogen and oxygen atoms in total. The topological polar surface area (TPSA) is 21.3 Å². The number of hydrogen-bond donors (Lipinski definition) is 1. The lowest BCUT2D eigenvalue weighted by Gasteiger charge is -2.13. The van der Waals surface area contributed by atoms with Gasteiger partial charge >= 0.3 is 0 Å². The number of fused-ring (bicyclic) bond motifs is 1. The van der Waals surface area contributed by atoms with Crippen molar-refractivity contribution in [2.75, 3.05) is 26.8 Å². The first-order valence-electron chi connectivity index (χ1n) is 7.59. The number of nitrogens with one attached hydrogen (secondary N) is 1. The zero-order valence-electron chi connectivity index (χ0n) is 13.2. The first kappa shape index (κ1) is 15.7. The zero-order valence-corrected chi connectivity index (χ0v) is 13.2. The predicted octanol–water partition coefficient (Wildman–Crippen LogP) is 4.12. The van der Waals surface area contributed by atoms with Crippen LogP contribution in [0.3, 0.4) is 0 Å². The van der Waals surface area contributed by atoms with E-state index in [1.807, 2.05) is 0 Å². The molecule has 0 saturated heterocycles. The van der Waals surface area contributed by atoms with Crippen LogP contribution in [-0.2, 0) is 4.74 Å². The minimum atomic E-state index is 0.534. The maximum Gasteiger partial charge on any atom is 0.0587 e. The first-order chi connectivity index (χ1) is 10.2. The molecular weight excluding hydrogens is 258 g/mol. The lowest BCUT2D eigenvalue weighted by molar-refractivity contribution is 0.200. The van der Waals surface area contributed by atoms with E-state index in [9.17, 15) is 0 Å². The Morgan fingerprint density at radius 2 is 1.90 bits per heavy atom. The Morgan fingerprint density at radius 3 is 2.62 bits per heavy atom. The average molecular weight is 283 g/mol. The van der Waals surface area contributed by atoms with Gasteiger partial charge in [0, 0.05) is 20.2 Å². The Labute approximate surface area is 127 Å². The van der Waals surface area contributed by atoms with Gasteiger partial charge in [-0.1, -0.05) is 61.9 Å². The van der Waals surface area contributed by atoms with Crippen molar-refractivity contribution in [3.63, 3.8) is 0 Å². The summed E-state index contributed by atoms with van der Waals surface area (Å²) in [7, 11) is 1.73. The molecule has 0 fully saturated rings. The molecule has 0 unspecified atom stereocenters. The number of rotatable bonds is 7. The summed E-state index contributed by atoms with van der Waals surface area (Å²) in [4.78, 5) is 0. The molecule has 0 atom stereocenters. The summed E-state index contributed by atoms with van der Waals surface area (Å²) >= 11 is 0. The maximum absolute atomic E-state index is 5.07. The van der Waals surface area contributed by atoms with Crippen molar-refractivity contribution in [2.24, 2.45) is 5.92 Å². The molecule has 0 radical (unpaired) electrons. The van der Waals surface area contributed by atoms with Crippen molar-refractivity contribution in [1.82, 2.24) is 5.32 Å². The summed E-state index contributed by atoms with van der Waals surface area (Å²) in [5.41, 5.74) is 2.69. The van der Waals surface area contributed by atoms with Crippen LogP contribution in [0.5, 0.6) is 0 Å². The van der Waals surface area contributed by atoms with Gasteiger partial charge in [0.05, 0.1) is 6.61 Å². The molecule has 0 saturated carbocycles. The molecule has 0 bridgehead atoms. The molecule has 0 amide bonds. The quantitative estimate of drug-likeness (QED) is 0.772. The minimum absolute atomic E-state index is 0.534. The van der Waals surface area contributed by atoms with Crippen molar-refractivity contribution in [3.05, 3.63) is 53.6 Å². The van der Waals surface area contributed by atoms with Gasteiger partial charge in [0.15, 0.2) is 0 Å². The van der Waals surface area contributed by atoms with Crippen LogP contribution in [0.25, 0.3) is 16.8 Å². The molecule has 1 N–H and O–H groups in total. The Morgan fingerprint density at radius 1 is 1.14 bits per heavy atom. The first-order valence-corrected chi connectivity index (χ1v) is 7.59. The fraction of sp³-hybridized carbons (Fsp3) is 0.368. The van der Waals surface area contributed by atoms with E-state index in [0.29, 0.717) is 5.92 Å². The molecule has 0 aromatic heterocycles. The normalized spacial score (nSPS) is 12.3. The standard InChI is InChI=1S/C19H25NO/c1-15(2)19(14-20-10-11-21-3)13-16-8-9-17-6-4-5-7-18(17)12-16/h4-9,12-13,15,20H,10-11,14H2,1-3H3. The molecule has 0 aliphatic rings. The molecule has 2 aromatic carbocycles. The lowest BCUT2D eigenvalue weighted by Crippen LogP contribution is -2.23. The number of ether oxygens (including phenoxy) is 1. The predicted molar refractivity (Wildman–Crippen MR) is 91.5 cm³/mol. The summed E-state index contributed by atoms with van der Waals surface area (Å²) in [6.07, 6.45) is 2.30. The van der Waals surface area contributed by atoms with Gasteiger partial charge in [-0.05, 0) is 28.3 Å². The molecule has 2 rings (SSSR count). The molecular formula is C19H25NO. The highest BCUT2D eigenvalue weighted by Crippen LogP contribution is 2.19. The van der Waals surface area contributed by atoms with Crippen LogP contribution in [0.15, 0.2) is 48.0 Å². The van der Waals surface area contributed by atoms with Gasteiger partial charge in [-0.3, -0.25) is 0 Å². The smallest absolute Gasteiger partial charge is 0.0587 e. The number of methoxy groups -OCH3 is 1. The van der Waals surface area contributed by atoms with Gasteiger partial charge in [0.25, 0.3) is 0 Å². The second-order valence-corrected chi connectivity index (χ2v) is 5.65. The van der Waals surface area contributed by atoms with Crippen LogP contribution in [0.4, 0.5) is 0 Å². The SMILES string of the molecule is COCCNCC(=Cc1ccc2ccccc2c1)C(C)C. The third-order valence-corrected chi connectivity index (χ3v) is 3.68. The zero-order chi connectivity index (χ0) is 15.1. The molecule has 112 valence electrons. The van der Waals surface area contributed by atoms with Gasteiger partial charge in [0.1, 0.15) is 0 Å². The maximum atomic E-state index is 5.07. The van der Waals surface area contributed by atoms with Crippen LogP contribution in [0.1, 0.15) is 19.4 Å². The summed E-state index contributed by atoms with van der Waals surface area (Å²) in [6, 6.07) is 15.1. The van der Waals surface area contributed by atoms with E-state index in [1.54, 1.807) is 7.11 Å². The van der Waals surface area contributed by atoms with Crippen LogP contribution in [-0.4, -0.2) is 26.8 Å². The third-order valence-electron chi connectivity index (χ3n) is 3.68. The lowest BCUT2D eigenvalue weighted by atomic mass is 9.99. The highest BCUT2D eigenvalue weighted by Gasteiger charge is 2.04. The monoisotopic (exact) mass is 283 g/mol. The van der Waals surface area contributed by atoms with Crippen molar-refractivity contribution >= 4 is 16.8 Å². The Balaban J connectivity index is 2.15. The van der Waals surface area contributed by atoms with E-state index in [2.05, 4.69) is 67.7 Å². The molecule has 0 spiro atoms. The van der Waals surface area contributed by atoms with E-state index in [4.69, 9.17) is 4.74 Å². The van der Waals surface area contributed by atoms with Crippen LogP contribution >= 0.6 is 0 Å². The minimum Gasteiger partial charge on any atom is -0.383 e. The van der Waals surface area contributed by atoms with E-state index < -0.39 is 0 Å². The third kappa shape index (κ3) is 4.69. The van der Waals surface area contributed by atoms with E-state index in [1.165, 1.54) is 21.9 Å². The summed E-state index contributed by atoms with van der Waals surface area (Å²) < 4.78 is 5.07. The van der Waals surface area contributed by atoms with Crippen LogP contribution < -0.4 is 5.32 Å². The molecule has 0 heterocycles. The largest absolute Gasteiger partial charge is 0.383 e. The van der Waals surface area contributed by atoms with E-state index in [0.717, 1.165) is 19.7 Å². The van der Waals surface area contributed by atoms with Crippen molar-refractivity contribution in [3.8, 4) is 0 Å². The van der Waals surface area contributed by atoms with Crippen molar-refractivity contribution < 1.29 is 4.74 Å². The molecule has 0 aliphatic heterocycles. The molecule has 0 aliphatic carbocycles. The number of hydrogen-bond acceptors (Lipinski definition) is 2. The van der Waals surface area contributed by atoms with Gasteiger partial charge in [0.2, 0.25) is 0 Å². The van der Waals surface area contributed by atoms with Crippen molar-refractivity contribution in [2.45, 2.75) is 13.8 Å². The van der Waals surface area contributed by atoms with Gasteiger partial charge in [-0.15, -0.1) is 0 Å². The summed E-state index contributed by atoms with van der Waals surface area (Å²) in [5, 5.41) is 6.02. The van der Waals surface area contributed by atoms with E-state index >= 15 is 0 Å². The Bertz CT molecular complexity index is 601. The fourth-order valence-corrected chi connectivity index (χ4v) is 2.34. The average Bonchev–Trinajstić information content (AvgIpc) is 2.50. The fourth-order valence-electron chi connectivity index (χ4n) is 2.34. The van der Waals surface area contributed by atoms with E-state index in [-0.39, 0.29) is 0 Å². The second kappa shape index (κ2) is 7.96. The van der Waals surface area contributed by atoms with Crippen LogP contribution in [0.2, 0.25) is 0 Å². The second-order valence-electron chi connectivity index (χ2n) is 5.65.